The van der Waals surface area contributed by atoms with Gasteiger partial charge in [0.15, 0.2) is 5.82 Å². The van der Waals surface area contributed by atoms with Crippen LogP contribution in [-0.4, -0.2) is 14.8 Å². The van der Waals surface area contributed by atoms with Gasteiger partial charge in [-0.1, -0.05) is 6.07 Å². The number of hydrogen-bond acceptors (Lipinski definition) is 2. The van der Waals surface area contributed by atoms with Crippen LogP contribution in [0.2, 0.25) is 0 Å². The molecule has 0 amide bonds. The average Bonchev–Trinajstić information content (AvgIpc) is 2.61. The van der Waals surface area contributed by atoms with Gasteiger partial charge in [0.05, 0.1) is 17.5 Å². The second-order valence-electron chi connectivity index (χ2n) is 3.69. The van der Waals surface area contributed by atoms with Crippen molar-refractivity contribution >= 4 is 0 Å². The van der Waals surface area contributed by atoms with E-state index in [2.05, 4.69) is 22.7 Å². The predicted octanol–water partition coefficient (Wildman–Crippen LogP) is 0.879. The van der Waals surface area contributed by atoms with Crippen molar-refractivity contribution in [3.63, 3.8) is 0 Å². The Balaban J connectivity index is 2.47. The van der Waals surface area contributed by atoms with Crippen LogP contribution in [0, 0.1) is 6.92 Å². The lowest BCUT2D eigenvalue weighted by molar-refractivity contribution is -0.420. The van der Waals surface area contributed by atoms with Gasteiger partial charge in [0, 0.05) is 6.20 Å². The van der Waals surface area contributed by atoms with Crippen LogP contribution in [0.4, 0.5) is 0 Å². The molecule has 0 aliphatic carbocycles. The Labute approximate surface area is 88.8 Å². The topological polar surface area (TPSA) is 58.4 Å². The van der Waals surface area contributed by atoms with Crippen LogP contribution in [0.3, 0.4) is 0 Å². The van der Waals surface area contributed by atoms with Crippen molar-refractivity contribution in [3.8, 4) is 5.82 Å². The molecule has 0 unspecified atom stereocenters. The average molecular weight is 203 g/mol. The van der Waals surface area contributed by atoms with Gasteiger partial charge in [-0.3, -0.25) is 0 Å². The molecule has 78 valence electrons. The van der Waals surface area contributed by atoms with E-state index in [1.165, 1.54) is 5.56 Å². The van der Waals surface area contributed by atoms with Gasteiger partial charge in [-0.2, -0.15) is 5.10 Å². The summed E-state index contributed by atoms with van der Waals surface area (Å²) in [4.78, 5) is 4.26. The minimum Gasteiger partial charge on any atom is -0.351 e. The van der Waals surface area contributed by atoms with Gasteiger partial charge in [-0.05, 0) is 26.0 Å². The third-order valence-electron chi connectivity index (χ3n) is 2.44. The first-order valence-electron chi connectivity index (χ1n) is 4.99. The molecule has 2 rings (SSSR count). The van der Waals surface area contributed by atoms with E-state index in [-0.39, 0.29) is 6.04 Å². The summed E-state index contributed by atoms with van der Waals surface area (Å²) in [5.41, 5.74) is 6.28. The number of hydrogen-bond donors (Lipinski definition) is 1. The molecule has 0 aliphatic rings. The van der Waals surface area contributed by atoms with Crippen LogP contribution in [0.25, 0.3) is 5.82 Å². The van der Waals surface area contributed by atoms with Crippen molar-refractivity contribution in [3.05, 3.63) is 41.9 Å². The summed E-state index contributed by atoms with van der Waals surface area (Å²) in [6.45, 7) is 4.10. The highest BCUT2D eigenvalue weighted by molar-refractivity contribution is 5.28. The highest BCUT2D eigenvalue weighted by Crippen LogP contribution is 2.15. The molecule has 3 N–H and O–H groups in total. The number of rotatable bonds is 2. The smallest absolute Gasteiger partial charge is 0.153 e. The first-order chi connectivity index (χ1) is 7.20. The monoisotopic (exact) mass is 203 g/mol. The third-order valence-corrected chi connectivity index (χ3v) is 2.44. The Kier molecular flexibility index (Phi) is 2.51. The Morgan fingerprint density at radius 3 is 2.73 bits per heavy atom. The molecule has 15 heavy (non-hydrogen) atoms. The predicted molar refractivity (Wildman–Crippen MR) is 57.4 cm³/mol. The first-order valence-corrected chi connectivity index (χ1v) is 4.99. The second-order valence-corrected chi connectivity index (χ2v) is 3.69. The molecule has 2 aromatic heterocycles. The maximum Gasteiger partial charge on any atom is 0.153 e. The summed E-state index contributed by atoms with van der Waals surface area (Å²) in [5, 5.41) is 4.32. The minimum atomic E-state index is 0.252. The molecule has 0 fully saturated rings. The maximum absolute atomic E-state index is 4.32. The fraction of sp³-hybridized carbons (Fsp3) is 0.273. The highest BCUT2D eigenvalue weighted by Gasteiger charge is 2.13. The number of aromatic nitrogens is 3. The molecule has 2 aromatic rings. The van der Waals surface area contributed by atoms with Gasteiger partial charge in [0.2, 0.25) is 0 Å². The van der Waals surface area contributed by atoms with Crippen LogP contribution in [0.15, 0.2) is 30.6 Å². The zero-order valence-corrected chi connectivity index (χ0v) is 9.01. The molecular formula is C11H15N4+. The Morgan fingerprint density at radius 2 is 2.20 bits per heavy atom. The second kappa shape index (κ2) is 3.82. The summed E-state index contributed by atoms with van der Waals surface area (Å²) in [6, 6.07) is 6.05. The largest absolute Gasteiger partial charge is 0.351 e. The summed E-state index contributed by atoms with van der Waals surface area (Å²) in [6.07, 6.45) is 3.63. The lowest BCUT2D eigenvalue weighted by atomic mass is 10.1. The van der Waals surface area contributed by atoms with Gasteiger partial charge >= 0.3 is 0 Å². The normalized spacial score (nSPS) is 12.7. The van der Waals surface area contributed by atoms with E-state index in [0.29, 0.717) is 0 Å². The Morgan fingerprint density at radius 1 is 1.40 bits per heavy atom. The van der Waals surface area contributed by atoms with E-state index >= 15 is 0 Å². The quantitative estimate of drug-likeness (QED) is 0.787. The van der Waals surface area contributed by atoms with Crippen molar-refractivity contribution in [1.29, 1.82) is 0 Å². The summed E-state index contributed by atoms with van der Waals surface area (Å²) < 4.78 is 1.84. The van der Waals surface area contributed by atoms with Gasteiger partial charge in [0.25, 0.3) is 0 Å². The lowest BCUT2D eigenvalue weighted by Gasteiger charge is -2.04. The zero-order chi connectivity index (χ0) is 10.8. The fourth-order valence-corrected chi connectivity index (χ4v) is 1.62. The molecule has 4 nitrogen and oxygen atoms in total. The summed E-state index contributed by atoms with van der Waals surface area (Å²) >= 11 is 0. The molecule has 0 aliphatic heterocycles. The SMILES string of the molecule is Cc1c([C@@H](C)[NH3+])cnn1-c1ccccn1. The molecule has 0 aromatic carbocycles. The molecular weight excluding hydrogens is 188 g/mol. The summed E-state index contributed by atoms with van der Waals surface area (Å²) in [7, 11) is 0. The van der Waals surface area contributed by atoms with E-state index in [9.17, 15) is 0 Å². The molecule has 0 bridgehead atoms. The van der Waals surface area contributed by atoms with Crippen molar-refractivity contribution in [1.82, 2.24) is 14.8 Å². The highest BCUT2D eigenvalue weighted by atomic mass is 15.3. The van der Waals surface area contributed by atoms with Crippen LogP contribution in [0.5, 0.6) is 0 Å². The van der Waals surface area contributed by atoms with E-state index in [1.807, 2.05) is 36.0 Å². The van der Waals surface area contributed by atoms with Gasteiger partial charge in [-0.25, -0.2) is 9.67 Å². The van der Waals surface area contributed by atoms with Gasteiger partial charge in [-0.15, -0.1) is 0 Å². The van der Waals surface area contributed by atoms with Crippen molar-refractivity contribution in [2.24, 2.45) is 0 Å². The third kappa shape index (κ3) is 1.76. The van der Waals surface area contributed by atoms with E-state index < -0.39 is 0 Å². The fourth-order valence-electron chi connectivity index (χ4n) is 1.62. The van der Waals surface area contributed by atoms with Crippen molar-refractivity contribution in [2.45, 2.75) is 19.9 Å². The van der Waals surface area contributed by atoms with E-state index in [4.69, 9.17) is 0 Å². The molecule has 2 heterocycles. The van der Waals surface area contributed by atoms with Gasteiger partial charge < -0.3 is 5.73 Å². The number of pyridine rings is 1. The number of quaternary nitrogens is 1. The van der Waals surface area contributed by atoms with Gasteiger partial charge in [0.1, 0.15) is 6.04 Å². The maximum atomic E-state index is 4.32. The minimum absolute atomic E-state index is 0.252. The molecule has 0 spiro atoms. The van der Waals surface area contributed by atoms with Crippen molar-refractivity contribution < 1.29 is 5.73 Å². The molecule has 0 radical (unpaired) electrons. The Hall–Kier alpha value is -1.68. The van der Waals surface area contributed by atoms with Crippen LogP contribution >= 0.6 is 0 Å². The van der Waals surface area contributed by atoms with Crippen LogP contribution < -0.4 is 5.73 Å². The van der Waals surface area contributed by atoms with E-state index in [0.717, 1.165) is 11.5 Å². The van der Waals surface area contributed by atoms with E-state index in [1.54, 1.807) is 6.20 Å². The van der Waals surface area contributed by atoms with Crippen LogP contribution in [-0.2, 0) is 0 Å². The zero-order valence-electron chi connectivity index (χ0n) is 9.01. The lowest BCUT2D eigenvalue weighted by Crippen LogP contribution is -2.51. The van der Waals surface area contributed by atoms with Crippen molar-refractivity contribution in [2.75, 3.05) is 0 Å². The molecule has 0 saturated heterocycles. The molecule has 4 heteroatoms. The standard InChI is InChI=1S/C11H14N4/c1-8(12)10-7-14-15(9(10)2)11-5-3-4-6-13-11/h3-8H,12H2,1-2H3/p+1/t8-/m1/s1. The summed E-state index contributed by atoms with van der Waals surface area (Å²) in [5.74, 6) is 0.849. The number of nitrogens with zero attached hydrogens (tertiary/aromatic N) is 3. The molecule has 1 atom stereocenters. The first kappa shape index (κ1) is 9.86. The Bertz CT molecular complexity index is 445. The van der Waals surface area contributed by atoms with Crippen LogP contribution in [0.1, 0.15) is 24.2 Å². The molecule has 0 saturated carbocycles.